The lowest BCUT2D eigenvalue weighted by molar-refractivity contribution is -0.388. The van der Waals surface area contributed by atoms with Crippen molar-refractivity contribution in [1.29, 1.82) is 0 Å². The highest BCUT2D eigenvalue weighted by Crippen LogP contribution is 2.33. The Hall–Kier alpha value is -3.22. The van der Waals surface area contributed by atoms with Crippen molar-refractivity contribution in [3.63, 3.8) is 0 Å². The van der Waals surface area contributed by atoms with Crippen LogP contribution in [0.1, 0.15) is 0 Å². The Kier molecular flexibility index (Phi) is 4.93. The molecule has 1 aromatic carbocycles. The quantitative estimate of drug-likeness (QED) is 0.520. The molecule has 1 saturated heterocycles. The lowest BCUT2D eigenvalue weighted by Crippen LogP contribution is -2.47. The number of rotatable bonds is 5. The van der Waals surface area contributed by atoms with Crippen LogP contribution in [0, 0.1) is 20.2 Å². The molecule has 0 unspecified atom stereocenters. The van der Waals surface area contributed by atoms with E-state index in [1.807, 2.05) is 0 Å². The van der Waals surface area contributed by atoms with Gasteiger partial charge in [0.1, 0.15) is 5.69 Å². The smallest absolute Gasteiger partial charge is 0.362 e. The lowest BCUT2D eigenvalue weighted by Gasteiger charge is -2.36. The van der Waals surface area contributed by atoms with E-state index >= 15 is 0 Å². The number of aryl methyl sites for hydroxylation is 1. The average molecular weight is 410 g/mol. The minimum atomic E-state index is -3.57. The first-order chi connectivity index (χ1) is 13.1. The monoisotopic (exact) mass is 410 g/mol. The van der Waals surface area contributed by atoms with Crippen molar-refractivity contribution in [3.05, 3.63) is 44.8 Å². The zero-order chi connectivity index (χ0) is 20.6. The van der Waals surface area contributed by atoms with Gasteiger partial charge in [-0.25, -0.2) is 8.42 Å². The summed E-state index contributed by atoms with van der Waals surface area (Å²) in [7, 11) is -1.90. The van der Waals surface area contributed by atoms with Crippen LogP contribution in [0.25, 0.3) is 0 Å². The van der Waals surface area contributed by atoms with Crippen LogP contribution in [-0.4, -0.2) is 60.3 Å². The molecule has 0 amide bonds. The minimum Gasteiger partial charge on any atom is -0.362 e. The van der Waals surface area contributed by atoms with Gasteiger partial charge < -0.3 is 19.9 Å². The number of sulfone groups is 1. The number of imidazole rings is 1. The number of nitrogens with zero attached hydrogens (tertiary/aromatic N) is 6. The molecular formula is C15H18N6O6S. The van der Waals surface area contributed by atoms with E-state index in [9.17, 15) is 28.6 Å². The third kappa shape index (κ3) is 3.60. The summed E-state index contributed by atoms with van der Waals surface area (Å²) >= 11 is 0. The Labute approximate surface area is 160 Å². The summed E-state index contributed by atoms with van der Waals surface area (Å²) in [5.41, 5.74) is 0.0273. The molecule has 3 rings (SSSR count). The molecule has 28 heavy (non-hydrogen) atoms. The Morgan fingerprint density at radius 3 is 2.18 bits per heavy atom. The van der Waals surface area contributed by atoms with Crippen molar-refractivity contribution in [2.24, 2.45) is 7.05 Å². The Bertz CT molecular complexity index is 1040. The molecule has 12 nitrogen and oxygen atoms in total. The van der Waals surface area contributed by atoms with Gasteiger partial charge in [0, 0.05) is 45.5 Å². The van der Waals surface area contributed by atoms with Crippen molar-refractivity contribution in [3.8, 4) is 0 Å². The fourth-order valence-corrected chi connectivity index (χ4v) is 3.85. The first kappa shape index (κ1) is 19.5. The normalized spacial score (nSPS) is 14.9. The maximum atomic E-state index is 11.7. The molecule has 1 aromatic heterocycles. The Morgan fingerprint density at radius 1 is 1.04 bits per heavy atom. The highest BCUT2D eigenvalue weighted by Gasteiger charge is 2.30. The number of hydrogen-bond acceptors (Lipinski definition) is 9. The van der Waals surface area contributed by atoms with Gasteiger partial charge in [0.15, 0.2) is 9.84 Å². The molecule has 2 heterocycles. The van der Waals surface area contributed by atoms with E-state index < -0.39 is 19.7 Å². The fourth-order valence-electron chi connectivity index (χ4n) is 3.21. The molecule has 0 atom stereocenters. The van der Waals surface area contributed by atoms with Crippen LogP contribution in [-0.2, 0) is 16.9 Å². The first-order valence-corrected chi connectivity index (χ1v) is 10.1. The van der Waals surface area contributed by atoms with Gasteiger partial charge in [-0.05, 0) is 22.0 Å². The molecule has 13 heteroatoms. The van der Waals surface area contributed by atoms with Crippen LogP contribution in [0.15, 0.2) is 29.4 Å². The zero-order valence-corrected chi connectivity index (χ0v) is 16.0. The maximum Gasteiger partial charge on any atom is 0.406 e. The number of aromatic nitrogens is 2. The van der Waals surface area contributed by atoms with Crippen LogP contribution < -0.4 is 9.80 Å². The molecule has 1 aliphatic heterocycles. The summed E-state index contributed by atoms with van der Waals surface area (Å²) in [6, 6.07) is 3.83. The molecule has 0 saturated carbocycles. The Balaban J connectivity index is 1.85. The maximum absolute atomic E-state index is 11.7. The molecule has 1 aliphatic rings. The van der Waals surface area contributed by atoms with E-state index in [1.165, 1.54) is 18.5 Å². The predicted octanol–water partition coefficient (Wildman–Crippen LogP) is 0.967. The van der Waals surface area contributed by atoms with E-state index in [4.69, 9.17) is 0 Å². The third-order valence-electron chi connectivity index (χ3n) is 4.55. The molecule has 2 aromatic rings. The largest absolute Gasteiger partial charge is 0.406 e. The molecule has 0 radical (unpaired) electrons. The fraction of sp³-hybridized carbons (Fsp3) is 0.400. The van der Waals surface area contributed by atoms with Gasteiger partial charge in [-0.3, -0.25) is 14.7 Å². The third-order valence-corrected chi connectivity index (χ3v) is 5.66. The summed E-state index contributed by atoms with van der Waals surface area (Å²) in [4.78, 5) is 28.7. The Morgan fingerprint density at radius 2 is 1.64 bits per heavy atom. The van der Waals surface area contributed by atoms with Gasteiger partial charge in [-0.1, -0.05) is 0 Å². The summed E-state index contributed by atoms with van der Waals surface area (Å²) in [5, 5.41) is 22.6. The van der Waals surface area contributed by atoms with E-state index in [1.54, 1.807) is 21.4 Å². The molecule has 0 bridgehead atoms. The molecule has 1 fully saturated rings. The van der Waals surface area contributed by atoms with Gasteiger partial charge in [0.2, 0.25) is 12.1 Å². The van der Waals surface area contributed by atoms with E-state index in [0.29, 0.717) is 37.7 Å². The number of hydrogen-bond donors (Lipinski definition) is 0. The van der Waals surface area contributed by atoms with Crippen LogP contribution in [0.5, 0.6) is 0 Å². The van der Waals surface area contributed by atoms with Crippen molar-refractivity contribution >= 4 is 32.8 Å². The first-order valence-electron chi connectivity index (χ1n) is 8.23. The zero-order valence-electron chi connectivity index (χ0n) is 15.2. The van der Waals surface area contributed by atoms with Crippen molar-refractivity contribution < 1.29 is 18.3 Å². The van der Waals surface area contributed by atoms with Gasteiger partial charge in [0.05, 0.1) is 9.82 Å². The van der Waals surface area contributed by atoms with Crippen molar-refractivity contribution in [2.45, 2.75) is 4.90 Å². The highest BCUT2D eigenvalue weighted by molar-refractivity contribution is 7.90. The number of anilines is 2. The summed E-state index contributed by atoms with van der Waals surface area (Å²) in [6.45, 7) is 1.54. The van der Waals surface area contributed by atoms with E-state index in [2.05, 4.69) is 4.98 Å². The van der Waals surface area contributed by atoms with Crippen LogP contribution in [0.3, 0.4) is 0 Å². The van der Waals surface area contributed by atoms with Crippen LogP contribution in [0.2, 0.25) is 0 Å². The van der Waals surface area contributed by atoms with Crippen LogP contribution in [0.4, 0.5) is 23.0 Å². The molecule has 0 N–H and O–H groups in total. The predicted molar refractivity (Wildman–Crippen MR) is 100 cm³/mol. The topological polar surface area (TPSA) is 145 Å². The molecule has 0 spiro atoms. The van der Waals surface area contributed by atoms with Gasteiger partial charge >= 0.3 is 5.82 Å². The minimum absolute atomic E-state index is 0.118. The standard InChI is InChI=1S/C15H18N6O6S/c1-17-10-16-14(21(24)25)15(17)19-7-5-18(6-8-19)12-4-3-11(28(2,26)27)9-13(12)20(22)23/h3-4,9-10H,5-8H2,1-2H3. The molecule has 0 aliphatic carbocycles. The number of benzene rings is 1. The van der Waals surface area contributed by atoms with Crippen LogP contribution >= 0.6 is 0 Å². The van der Waals surface area contributed by atoms with Gasteiger partial charge in [-0.15, -0.1) is 0 Å². The van der Waals surface area contributed by atoms with Crippen molar-refractivity contribution in [1.82, 2.24) is 9.55 Å². The summed E-state index contributed by atoms with van der Waals surface area (Å²) in [5.74, 6) is 0.144. The average Bonchev–Trinajstić information content (AvgIpc) is 3.02. The molecule has 150 valence electrons. The van der Waals surface area contributed by atoms with Crippen molar-refractivity contribution in [2.75, 3.05) is 42.2 Å². The summed E-state index contributed by atoms with van der Waals surface area (Å²) < 4.78 is 24.9. The number of piperazine rings is 1. The second kappa shape index (κ2) is 7.07. The SMILES string of the molecule is Cn1cnc([N+](=O)[O-])c1N1CCN(c2ccc(S(C)(=O)=O)cc2[N+](=O)[O-])CC1. The lowest BCUT2D eigenvalue weighted by atomic mass is 10.2. The van der Waals surface area contributed by atoms with Gasteiger partial charge in [0.25, 0.3) is 5.69 Å². The highest BCUT2D eigenvalue weighted by atomic mass is 32.2. The second-order valence-corrected chi connectivity index (χ2v) is 8.43. The second-order valence-electron chi connectivity index (χ2n) is 6.41. The van der Waals surface area contributed by atoms with E-state index in [-0.39, 0.29) is 16.4 Å². The number of nitro groups is 2. The summed E-state index contributed by atoms with van der Waals surface area (Å²) in [6.07, 6.45) is 2.36. The van der Waals surface area contributed by atoms with E-state index in [0.717, 1.165) is 12.3 Å². The molecular weight excluding hydrogens is 392 g/mol. The number of nitro benzene ring substituents is 1. The van der Waals surface area contributed by atoms with Gasteiger partial charge in [-0.2, -0.15) is 0 Å².